The first-order valence-corrected chi connectivity index (χ1v) is 4.97. The maximum atomic E-state index is 10.3. The van der Waals surface area contributed by atoms with Gasteiger partial charge in [-0.1, -0.05) is 0 Å². The molecule has 0 bridgehead atoms. The molecule has 0 aliphatic heterocycles. The SMILES string of the molecule is O=Cc1ccc(SCCC(=O)O)nc1. The summed E-state index contributed by atoms with van der Waals surface area (Å²) in [6, 6.07) is 3.36. The van der Waals surface area contributed by atoms with Gasteiger partial charge in [-0.05, 0) is 12.1 Å². The van der Waals surface area contributed by atoms with E-state index in [1.807, 2.05) is 0 Å². The highest BCUT2D eigenvalue weighted by Gasteiger charge is 1.99. The van der Waals surface area contributed by atoms with Gasteiger partial charge in [0.1, 0.15) is 0 Å². The Labute approximate surface area is 85.4 Å². The lowest BCUT2D eigenvalue weighted by Crippen LogP contribution is -1.96. The first-order valence-electron chi connectivity index (χ1n) is 3.98. The van der Waals surface area contributed by atoms with Gasteiger partial charge in [-0.15, -0.1) is 11.8 Å². The Morgan fingerprint density at radius 2 is 2.36 bits per heavy atom. The third kappa shape index (κ3) is 3.57. The Balaban J connectivity index is 2.43. The van der Waals surface area contributed by atoms with E-state index in [1.165, 1.54) is 18.0 Å². The smallest absolute Gasteiger partial charge is 0.304 e. The third-order valence-electron chi connectivity index (χ3n) is 1.46. The Hall–Kier alpha value is -1.36. The molecule has 4 nitrogen and oxygen atoms in total. The molecule has 0 amide bonds. The second-order valence-electron chi connectivity index (χ2n) is 2.54. The number of thioether (sulfide) groups is 1. The highest BCUT2D eigenvalue weighted by atomic mass is 32.2. The molecule has 0 saturated carbocycles. The predicted molar refractivity (Wildman–Crippen MR) is 52.6 cm³/mol. The number of aldehydes is 1. The van der Waals surface area contributed by atoms with E-state index in [2.05, 4.69) is 4.98 Å². The van der Waals surface area contributed by atoms with E-state index in [1.54, 1.807) is 12.1 Å². The summed E-state index contributed by atoms with van der Waals surface area (Å²) in [5, 5.41) is 9.13. The van der Waals surface area contributed by atoms with Crippen molar-refractivity contribution in [2.45, 2.75) is 11.4 Å². The minimum atomic E-state index is -0.818. The molecule has 1 aromatic heterocycles. The zero-order valence-electron chi connectivity index (χ0n) is 7.34. The van der Waals surface area contributed by atoms with E-state index in [0.717, 1.165) is 11.3 Å². The number of carbonyl (C=O) groups is 2. The zero-order chi connectivity index (χ0) is 10.4. The Morgan fingerprint density at radius 3 is 2.86 bits per heavy atom. The lowest BCUT2D eigenvalue weighted by molar-refractivity contribution is -0.136. The quantitative estimate of drug-likeness (QED) is 0.590. The first kappa shape index (κ1) is 10.7. The van der Waals surface area contributed by atoms with Gasteiger partial charge in [0.15, 0.2) is 6.29 Å². The summed E-state index contributed by atoms with van der Waals surface area (Å²) < 4.78 is 0. The van der Waals surface area contributed by atoms with Crippen LogP contribution in [0.4, 0.5) is 0 Å². The van der Waals surface area contributed by atoms with Gasteiger partial charge in [-0.2, -0.15) is 0 Å². The second kappa shape index (κ2) is 5.39. The van der Waals surface area contributed by atoms with Crippen LogP contribution in [0.3, 0.4) is 0 Å². The number of carbonyl (C=O) groups excluding carboxylic acids is 1. The minimum absolute atomic E-state index is 0.113. The van der Waals surface area contributed by atoms with E-state index in [9.17, 15) is 9.59 Å². The number of aliphatic carboxylic acids is 1. The molecule has 0 aromatic carbocycles. The van der Waals surface area contributed by atoms with Gasteiger partial charge in [0.2, 0.25) is 0 Å². The Kier molecular flexibility index (Phi) is 4.12. The monoisotopic (exact) mass is 211 g/mol. The summed E-state index contributed by atoms with van der Waals surface area (Å²) in [4.78, 5) is 24.5. The topological polar surface area (TPSA) is 67.3 Å². The molecule has 0 radical (unpaired) electrons. The van der Waals surface area contributed by atoms with Gasteiger partial charge in [0, 0.05) is 17.5 Å². The van der Waals surface area contributed by atoms with Crippen molar-refractivity contribution in [2.75, 3.05) is 5.75 Å². The largest absolute Gasteiger partial charge is 0.481 e. The highest BCUT2D eigenvalue weighted by Crippen LogP contribution is 2.15. The summed E-state index contributed by atoms with van der Waals surface area (Å²) in [5.74, 6) is -0.329. The number of hydrogen-bond donors (Lipinski definition) is 1. The summed E-state index contributed by atoms with van der Waals surface area (Å²) in [5.41, 5.74) is 0.521. The number of hydrogen-bond acceptors (Lipinski definition) is 4. The van der Waals surface area contributed by atoms with Crippen molar-refractivity contribution in [3.8, 4) is 0 Å². The highest BCUT2D eigenvalue weighted by molar-refractivity contribution is 7.99. The number of nitrogens with zero attached hydrogens (tertiary/aromatic N) is 1. The molecule has 1 heterocycles. The number of aromatic nitrogens is 1. The Morgan fingerprint density at radius 1 is 1.57 bits per heavy atom. The average molecular weight is 211 g/mol. The molecule has 0 unspecified atom stereocenters. The van der Waals surface area contributed by atoms with Crippen LogP contribution in [0.2, 0.25) is 0 Å². The van der Waals surface area contributed by atoms with Crippen molar-refractivity contribution >= 4 is 24.0 Å². The lowest BCUT2D eigenvalue weighted by atomic mass is 10.3. The van der Waals surface area contributed by atoms with Crippen LogP contribution in [0.1, 0.15) is 16.8 Å². The van der Waals surface area contributed by atoms with E-state index in [4.69, 9.17) is 5.11 Å². The van der Waals surface area contributed by atoms with Gasteiger partial charge >= 0.3 is 5.97 Å². The number of carboxylic acid groups (broad SMARTS) is 1. The first-order chi connectivity index (χ1) is 6.72. The molecule has 1 aromatic rings. The van der Waals surface area contributed by atoms with Crippen molar-refractivity contribution in [1.82, 2.24) is 4.98 Å². The van der Waals surface area contributed by atoms with E-state index in [0.29, 0.717) is 11.3 Å². The second-order valence-corrected chi connectivity index (χ2v) is 3.66. The summed E-state index contributed by atoms with van der Waals surface area (Å²) in [6.07, 6.45) is 2.30. The molecule has 0 aliphatic carbocycles. The molecule has 0 aliphatic rings. The third-order valence-corrected chi connectivity index (χ3v) is 2.41. The molecule has 0 atom stereocenters. The fourth-order valence-corrected chi connectivity index (χ4v) is 1.57. The number of rotatable bonds is 5. The molecular weight excluding hydrogens is 202 g/mol. The van der Waals surface area contributed by atoms with Gasteiger partial charge in [0.05, 0.1) is 11.4 Å². The van der Waals surface area contributed by atoms with E-state index < -0.39 is 5.97 Å². The van der Waals surface area contributed by atoms with Crippen molar-refractivity contribution in [3.05, 3.63) is 23.9 Å². The van der Waals surface area contributed by atoms with Crippen LogP contribution >= 0.6 is 11.8 Å². The van der Waals surface area contributed by atoms with Gasteiger partial charge in [0.25, 0.3) is 0 Å². The molecule has 5 heteroatoms. The fourth-order valence-electron chi connectivity index (χ4n) is 0.790. The molecule has 14 heavy (non-hydrogen) atoms. The van der Waals surface area contributed by atoms with Crippen LogP contribution in [0.25, 0.3) is 0 Å². The van der Waals surface area contributed by atoms with E-state index in [-0.39, 0.29) is 6.42 Å². The van der Waals surface area contributed by atoms with Gasteiger partial charge < -0.3 is 5.11 Å². The number of carboxylic acids is 1. The van der Waals surface area contributed by atoms with Crippen molar-refractivity contribution in [2.24, 2.45) is 0 Å². The van der Waals surface area contributed by atoms with Crippen LogP contribution in [0, 0.1) is 0 Å². The molecular formula is C9H9NO3S. The summed E-state index contributed by atoms with van der Waals surface area (Å²) in [7, 11) is 0. The average Bonchev–Trinajstić information content (AvgIpc) is 2.18. The van der Waals surface area contributed by atoms with Crippen LogP contribution < -0.4 is 0 Å². The van der Waals surface area contributed by atoms with Gasteiger partial charge in [-0.25, -0.2) is 4.98 Å². The number of pyridine rings is 1. The Bertz CT molecular complexity index is 323. The molecule has 0 fully saturated rings. The van der Waals surface area contributed by atoms with Gasteiger partial charge in [-0.3, -0.25) is 9.59 Å². The molecule has 0 saturated heterocycles. The van der Waals surface area contributed by atoms with E-state index >= 15 is 0 Å². The molecule has 1 N–H and O–H groups in total. The fraction of sp³-hybridized carbons (Fsp3) is 0.222. The molecule has 0 spiro atoms. The van der Waals surface area contributed by atoms with Crippen molar-refractivity contribution in [3.63, 3.8) is 0 Å². The maximum absolute atomic E-state index is 10.3. The standard InChI is InChI=1S/C9H9NO3S/c11-6-7-1-2-8(10-5-7)14-4-3-9(12)13/h1-2,5-6H,3-4H2,(H,12,13). The molecule has 74 valence electrons. The zero-order valence-corrected chi connectivity index (χ0v) is 8.16. The summed E-state index contributed by atoms with van der Waals surface area (Å²) in [6.45, 7) is 0. The maximum Gasteiger partial charge on any atom is 0.304 e. The van der Waals surface area contributed by atoms with Crippen LogP contribution in [0.5, 0.6) is 0 Å². The lowest BCUT2D eigenvalue weighted by Gasteiger charge is -1.98. The predicted octanol–water partition coefficient (Wildman–Crippen LogP) is 1.46. The van der Waals surface area contributed by atoms with Crippen LogP contribution in [-0.2, 0) is 4.79 Å². The summed E-state index contributed by atoms with van der Waals surface area (Å²) >= 11 is 1.36. The normalized spacial score (nSPS) is 9.71. The van der Waals surface area contributed by atoms with Crippen LogP contribution in [-0.4, -0.2) is 28.1 Å². The molecule has 1 rings (SSSR count). The van der Waals surface area contributed by atoms with Crippen molar-refractivity contribution < 1.29 is 14.7 Å². The minimum Gasteiger partial charge on any atom is -0.481 e. The van der Waals surface area contributed by atoms with Crippen molar-refractivity contribution in [1.29, 1.82) is 0 Å². The van der Waals surface area contributed by atoms with Crippen LogP contribution in [0.15, 0.2) is 23.4 Å².